The highest BCUT2D eigenvalue weighted by Crippen LogP contribution is 2.65. The molecule has 0 radical (unpaired) electrons. The molecule has 3 aliphatic heterocycles. The summed E-state index contributed by atoms with van der Waals surface area (Å²) in [5.41, 5.74) is -1.91. The highest BCUT2D eigenvalue weighted by Gasteiger charge is 2.79. The van der Waals surface area contributed by atoms with Gasteiger partial charge in [-0.3, -0.25) is 14.4 Å². The van der Waals surface area contributed by atoms with Gasteiger partial charge < -0.3 is 24.5 Å². The second-order valence-electron chi connectivity index (χ2n) is 13.9. The number of anilines is 1. The molecule has 0 aromatic heterocycles. The monoisotopic (exact) mass is 579 g/mol. The molecule has 8 nitrogen and oxygen atoms in total. The Morgan fingerprint density at radius 3 is 2.26 bits per heavy atom. The number of carbonyl (C=O) groups is 3. The number of β-amino-alcohol motifs (C(OH)–C–C–N with tert-alkyl or cyclic N) is 1. The van der Waals surface area contributed by atoms with Gasteiger partial charge in [-0.1, -0.05) is 58.0 Å². The van der Waals surface area contributed by atoms with Gasteiger partial charge in [0.25, 0.3) is 0 Å². The minimum atomic E-state index is -1.16. The summed E-state index contributed by atoms with van der Waals surface area (Å²) in [6.07, 6.45) is 5.73. The summed E-state index contributed by atoms with van der Waals surface area (Å²) in [5.74, 6) is -2.31. The van der Waals surface area contributed by atoms with E-state index in [4.69, 9.17) is 4.74 Å². The standard InChI is InChI=1S/C34H49N3O5/c1-9-19-35(24-15-13-12-14-16-24)28(39)25-26-29(40)36(21-22-38)27(34(26)18-17-33(25,11-3)42-34)30(41)37(20-10-2)32(7,8)23-31(4,5)6/h9-10,12-16,25-27,38H,1-2,11,17-23H2,3-8H3/t25-,26-,27?,33+,34?/m0/s1. The number of carbonyl (C=O) groups excluding carboxylic acids is 3. The Balaban J connectivity index is 1.82. The predicted octanol–water partition coefficient (Wildman–Crippen LogP) is 4.58. The first-order valence-electron chi connectivity index (χ1n) is 15.2. The lowest BCUT2D eigenvalue weighted by Gasteiger charge is -2.45. The topological polar surface area (TPSA) is 90.4 Å². The minimum Gasteiger partial charge on any atom is -0.395 e. The smallest absolute Gasteiger partial charge is 0.249 e. The van der Waals surface area contributed by atoms with Crippen LogP contribution in [0.5, 0.6) is 0 Å². The maximum atomic E-state index is 14.8. The maximum absolute atomic E-state index is 14.8. The molecule has 0 aliphatic carbocycles. The second-order valence-corrected chi connectivity index (χ2v) is 13.9. The Hall–Kier alpha value is -2.97. The van der Waals surface area contributed by atoms with E-state index in [1.54, 1.807) is 17.1 Å². The fourth-order valence-corrected chi connectivity index (χ4v) is 8.25. The third kappa shape index (κ3) is 5.21. The molecule has 3 heterocycles. The molecule has 1 aromatic rings. The molecule has 3 amide bonds. The number of fused-ring (bicyclic) bond motifs is 1. The van der Waals surface area contributed by atoms with Crippen LogP contribution >= 0.6 is 0 Å². The summed E-state index contributed by atoms with van der Waals surface area (Å²) in [5, 5.41) is 10.0. The number of para-hydroxylation sites is 1. The number of benzene rings is 1. The molecular formula is C34H49N3O5. The van der Waals surface area contributed by atoms with Crippen molar-refractivity contribution >= 4 is 23.4 Å². The second kappa shape index (κ2) is 11.6. The zero-order valence-electron chi connectivity index (χ0n) is 26.3. The van der Waals surface area contributed by atoms with Crippen LogP contribution in [0.1, 0.15) is 67.2 Å². The van der Waals surface area contributed by atoms with Crippen LogP contribution in [-0.4, -0.2) is 81.7 Å². The molecule has 1 aromatic carbocycles. The van der Waals surface area contributed by atoms with Gasteiger partial charge in [0.05, 0.1) is 24.0 Å². The quantitative estimate of drug-likeness (QED) is 0.366. The SMILES string of the molecule is C=CCN(C(=O)[C@@H]1[C@H]2C(=O)N(CCO)C(C(=O)N(CC=C)C(C)(C)CC(C)(C)C)C23CC[C@@]1(CC)O3)c1ccccc1. The molecular weight excluding hydrogens is 530 g/mol. The Kier molecular flexibility index (Phi) is 8.83. The highest BCUT2D eigenvalue weighted by atomic mass is 16.5. The number of amides is 3. The van der Waals surface area contributed by atoms with Crippen molar-refractivity contribution in [1.82, 2.24) is 9.80 Å². The van der Waals surface area contributed by atoms with Crippen LogP contribution in [0.4, 0.5) is 5.69 Å². The minimum absolute atomic E-state index is 0.00638. The van der Waals surface area contributed by atoms with E-state index in [0.717, 1.165) is 12.1 Å². The van der Waals surface area contributed by atoms with E-state index < -0.39 is 34.6 Å². The van der Waals surface area contributed by atoms with Crippen molar-refractivity contribution in [3.63, 3.8) is 0 Å². The van der Waals surface area contributed by atoms with Crippen molar-refractivity contribution in [2.24, 2.45) is 17.3 Å². The maximum Gasteiger partial charge on any atom is 0.249 e. The molecule has 3 fully saturated rings. The van der Waals surface area contributed by atoms with Crippen LogP contribution in [0, 0.1) is 17.3 Å². The Morgan fingerprint density at radius 2 is 1.71 bits per heavy atom. The molecule has 1 spiro atoms. The summed E-state index contributed by atoms with van der Waals surface area (Å²) >= 11 is 0. The fourth-order valence-electron chi connectivity index (χ4n) is 8.25. The summed E-state index contributed by atoms with van der Waals surface area (Å²) < 4.78 is 6.95. The lowest BCUT2D eigenvalue weighted by Crippen LogP contribution is -2.61. The van der Waals surface area contributed by atoms with E-state index in [9.17, 15) is 19.5 Å². The molecule has 42 heavy (non-hydrogen) atoms. The molecule has 8 heteroatoms. The number of ether oxygens (including phenoxy) is 1. The van der Waals surface area contributed by atoms with Crippen molar-refractivity contribution in [3.8, 4) is 0 Å². The fraction of sp³-hybridized carbons (Fsp3) is 0.618. The van der Waals surface area contributed by atoms with E-state index in [-0.39, 0.29) is 42.8 Å². The predicted molar refractivity (Wildman–Crippen MR) is 165 cm³/mol. The van der Waals surface area contributed by atoms with Crippen molar-refractivity contribution in [3.05, 3.63) is 55.6 Å². The van der Waals surface area contributed by atoms with Gasteiger partial charge in [0, 0.05) is 30.9 Å². The van der Waals surface area contributed by atoms with Crippen LogP contribution in [0.3, 0.4) is 0 Å². The van der Waals surface area contributed by atoms with Gasteiger partial charge in [-0.25, -0.2) is 0 Å². The number of likely N-dealkylation sites (tertiary alicyclic amines) is 1. The summed E-state index contributed by atoms with van der Waals surface area (Å²) in [7, 11) is 0. The third-order valence-electron chi connectivity index (χ3n) is 9.44. The van der Waals surface area contributed by atoms with Gasteiger partial charge in [-0.05, 0) is 57.1 Å². The van der Waals surface area contributed by atoms with Crippen molar-refractivity contribution in [1.29, 1.82) is 0 Å². The first-order valence-corrected chi connectivity index (χ1v) is 15.2. The Labute approximate surface area is 251 Å². The van der Waals surface area contributed by atoms with Gasteiger partial charge in [0.1, 0.15) is 11.6 Å². The molecule has 4 rings (SSSR count). The van der Waals surface area contributed by atoms with Gasteiger partial charge >= 0.3 is 0 Å². The normalized spacial score (nSPS) is 28.5. The molecule has 3 saturated heterocycles. The average molecular weight is 580 g/mol. The lowest BCUT2D eigenvalue weighted by atomic mass is 9.64. The summed E-state index contributed by atoms with van der Waals surface area (Å²) in [6.45, 7) is 20.6. The molecule has 2 bridgehead atoms. The third-order valence-corrected chi connectivity index (χ3v) is 9.44. The number of nitrogens with zero attached hydrogens (tertiary/aromatic N) is 3. The molecule has 3 aliphatic rings. The van der Waals surface area contributed by atoms with E-state index in [0.29, 0.717) is 25.8 Å². The Morgan fingerprint density at radius 1 is 1.07 bits per heavy atom. The molecule has 5 atom stereocenters. The van der Waals surface area contributed by atoms with Crippen molar-refractivity contribution < 1.29 is 24.2 Å². The number of aliphatic hydroxyl groups excluding tert-OH is 1. The van der Waals surface area contributed by atoms with E-state index in [1.807, 2.05) is 56.0 Å². The lowest BCUT2D eigenvalue weighted by molar-refractivity contribution is -0.157. The van der Waals surface area contributed by atoms with E-state index >= 15 is 0 Å². The van der Waals surface area contributed by atoms with Crippen LogP contribution in [0.25, 0.3) is 0 Å². The van der Waals surface area contributed by atoms with Crippen molar-refractivity contribution in [2.45, 2.75) is 90.0 Å². The first kappa shape index (κ1) is 32.0. The van der Waals surface area contributed by atoms with Gasteiger partial charge in [0.15, 0.2) is 0 Å². The molecule has 0 saturated carbocycles. The van der Waals surface area contributed by atoms with Crippen LogP contribution in [0.15, 0.2) is 55.6 Å². The number of hydrogen-bond acceptors (Lipinski definition) is 5. The summed E-state index contributed by atoms with van der Waals surface area (Å²) in [4.78, 5) is 48.6. The Bertz CT molecular complexity index is 1210. The van der Waals surface area contributed by atoms with E-state index in [2.05, 4.69) is 33.9 Å². The summed E-state index contributed by atoms with van der Waals surface area (Å²) in [6, 6.07) is 8.43. The van der Waals surface area contributed by atoms with Gasteiger partial charge in [-0.2, -0.15) is 0 Å². The van der Waals surface area contributed by atoms with Crippen molar-refractivity contribution in [2.75, 3.05) is 31.1 Å². The first-order chi connectivity index (χ1) is 19.7. The number of hydrogen-bond donors (Lipinski definition) is 1. The molecule has 230 valence electrons. The molecule has 1 N–H and O–H groups in total. The van der Waals surface area contributed by atoms with Gasteiger partial charge in [-0.15, -0.1) is 13.2 Å². The van der Waals surface area contributed by atoms with Gasteiger partial charge in [0.2, 0.25) is 17.7 Å². The largest absolute Gasteiger partial charge is 0.395 e. The van der Waals surface area contributed by atoms with Crippen LogP contribution in [-0.2, 0) is 19.1 Å². The average Bonchev–Trinajstić information content (AvgIpc) is 3.53. The van der Waals surface area contributed by atoms with E-state index in [1.165, 1.54) is 4.90 Å². The number of rotatable bonds is 12. The highest BCUT2D eigenvalue weighted by molar-refractivity contribution is 6.03. The molecule has 2 unspecified atom stereocenters. The number of aliphatic hydroxyl groups is 1. The van der Waals surface area contributed by atoms with Crippen LogP contribution < -0.4 is 4.90 Å². The zero-order valence-corrected chi connectivity index (χ0v) is 26.3. The van der Waals surface area contributed by atoms with Crippen LogP contribution in [0.2, 0.25) is 0 Å². The zero-order chi connectivity index (χ0) is 31.1.